The molecule has 5 rings (SSSR count). The third-order valence-electron chi connectivity index (χ3n) is 8.37. The van der Waals surface area contributed by atoms with Gasteiger partial charge in [0.25, 0.3) is 5.91 Å². The van der Waals surface area contributed by atoms with Crippen molar-refractivity contribution >= 4 is 29.5 Å². The molecule has 0 saturated heterocycles. The predicted molar refractivity (Wildman–Crippen MR) is 183 cm³/mol. The molecule has 12 nitrogen and oxygen atoms in total. The summed E-state index contributed by atoms with van der Waals surface area (Å²) in [6.45, 7) is 6.12. The van der Waals surface area contributed by atoms with Crippen LogP contribution in [0.15, 0.2) is 72.8 Å². The normalized spacial score (nSPS) is 22.9. The summed E-state index contributed by atoms with van der Waals surface area (Å²) in [5.41, 5.74) is 0.858. The molecule has 272 valence electrons. The molecular weight excluding hydrogens is 664 g/mol. The Bertz CT molecular complexity index is 1710. The summed E-state index contributed by atoms with van der Waals surface area (Å²) >= 11 is 0. The van der Waals surface area contributed by atoms with E-state index in [0.717, 1.165) is 23.8 Å². The highest BCUT2D eigenvalue weighted by molar-refractivity contribution is 5.99. The number of fused-ring (bicyclic) bond motifs is 17. The van der Waals surface area contributed by atoms with Crippen molar-refractivity contribution in [2.75, 3.05) is 6.61 Å². The third-order valence-corrected chi connectivity index (χ3v) is 8.37. The Balaban J connectivity index is 1.67. The van der Waals surface area contributed by atoms with Crippen molar-refractivity contribution in [1.29, 1.82) is 0 Å². The van der Waals surface area contributed by atoms with Gasteiger partial charge in [0.05, 0.1) is 17.7 Å². The summed E-state index contributed by atoms with van der Waals surface area (Å²) in [7, 11) is 0. The molecule has 3 aromatic carbocycles. The van der Waals surface area contributed by atoms with Gasteiger partial charge in [0, 0.05) is 6.42 Å². The molecule has 0 fully saturated rings. The lowest BCUT2D eigenvalue weighted by atomic mass is 10.0. The van der Waals surface area contributed by atoms with Gasteiger partial charge in [0.2, 0.25) is 23.6 Å². The molecule has 6 atom stereocenters. The number of hydrogen-bond donors (Lipinski definition) is 6. The van der Waals surface area contributed by atoms with Crippen molar-refractivity contribution in [2.24, 2.45) is 5.92 Å². The molecule has 2 aliphatic heterocycles. The smallest absolute Gasteiger partial charge is 0.255 e. The molecule has 3 aromatic rings. The van der Waals surface area contributed by atoms with Gasteiger partial charge in [0.15, 0.2) is 11.6 Å². The van der Waals surface area contributed by atoms with Gasteiger partial charge in [-0.25, -0.2) is 8.78 Å². The zero-order valence-electron chi connectivity index (χ0n) is 28.7. The molecule has 2 bridgehead atoms. The Kier molecular flexibility index (Phi) is 13.2. The first kappa shape index (κ1) is 38.4. The molecule has 2 aliphatic rings. The summed E-state index contributed by atoms with van der Waals surface area (Å²) in [6.07, 6.45) is -1.12. The lowest BCUT2D eigenvalue weighted by Crippen LogP contribution is -2.61. The Morgan fingerprint density at radius 3 is 2.12 bits per heavy atom. The first-order valence-corrected chi connectivity index (χ1v) is 16.6. The molecule has 14 heteroatoms. The number of nitrogens with one attached hydrogen (secondary N) is 5. The fourth-order valence-corrected chi connectivity index (χ4v) is 5.46. The molecule has 0 aromatic heterocycles. The minimum absolute atomic E-state index is 0.0449. The van der Waals surface area contributed by atoms with E-state index < -0.39 is 89.0 Å². The van der Waals surface area contributed by atoms with E-state index in [1.165, 1.54) is 13.8 Å². The van der Waals surface area contributed by atoms with Crippen LogP contribution in [0.2, 0.25) is 0 Å². The highest BCUT2D eigenvalue weighted by atomic mass is 19.2. The van der Waals surface area contributed by atoms with E-state index in [4.69, 9.17) is 4.74 Å². The van der Waals surface area contributed by atoms with Crippen molar-refractivity contribution < 1.29 is 42.6 Å². The van der Waals surface area contributed by atoms with Crippen LogP contribution in [-0.4, -0.2) is 77.6 Å². The minimum atomic E-state index is -1.51. The van der Waals surface area contributed by atoms with Gasteiger partial charge in [-0.2, -0.15) is 0 Å². The number of benzene rings is 3. The maximum atomic E-state index is 14.5. The molecule has 0 saturated carbocycles. The van der Waals surface area contributed by atoms with Gasteiger partial charge in [-0.15, -0.1) is 0 Å². The molecule has 0 unspecified atom stereocenters. The van der Waals surface area contributed by atoms with Crippen molar-refractivity contribution in [3.8, 4) is 5.75 Å². The van der Waals surface area contributed by atoms with Crippen molar-refractivity contribution in [3.05, 3.63) is 101 Å². The largest absolute Gasteiger partial charge is 0.491 e. The van der Waals surface area contributed by atoms with Gasteiger partial charge in [-0.3, -0.25) is 24.0 Å². The van der Waals surface area contributed by atoms with E-state index >= 15 is 0 Å². The first-order chi connectivity index (χ1) is 24.2. The van der Waals surface area contributed by atoms with Gasteiger partial charge in [-0.1, -0.05) is 62.4 Å². The monoisotopic (exact) mass is 707 g/mol. The molecule has 0 radical (unpaired) electrons. The van der Waals surface area contributed by atoms with Crippen LogP contribution in [0.3, 0.4) is 0 Å². The highest BCUT2D eigenvalue weighted by Gasteiger charge is 2.34. The summed E-state index contributed by atoms with van der Waals surface area (Å²) < 4.78 is 34.4. The van der Waals surface area contributed by atoms with E-state index in [1.807, 2.05) is 30.3 Å². The Morgan fingerprint density at radius 2 is 1.47 bits per heavy atom. The van der Waals surface area contributed by atoms with Crippen LogP contribution in [0.1, 0.15) is 49.2 Å². The van der Waals surface area contributed by atoms with Crippen molar-refractivity contribution in [3.63, 3.8) is 0 Å². The zero-order valence-corrected chi connectivity index (χ0v) is 28.7. The highest BCUT2D eigenvalue weighted by Crippen LogP contribution is 2.17. The number of carbonyl (C=O) groups excluding carboxylic acids is 5. The number of halogens is 2. The number of amides is 5. The summed E-state index contributed by atoms with van der Waals surface area (Å²) in [6, 6.07) is 13.3. The Labute approximate surface area is 294 Å². The van der Waals surface area contributed by atoms with E-state index in [1.54, 1.807) is 38.1 Å². The summed E-state index contributed by atoms with van der Waals surface area (Å²) in [4.78, 5) is 66.8. The summed E-state index contributed by atoms with van der Waals surface area (Å²) in [5, 5.41) is 23.4. The van der Waals surface area contributed by atoms with Crippen LogP contribution in [0, 0.1) is 17.6 Å². The topological polar surface area (TPSA) is 175 Å². The maximum Gasteiger partial charge on any atom is 0.255 e. The minimum Gasteiger partial charge on any atom is -0.491 e. The van der Waals surface area contributed by atoms with Crippen molar-refractivity contribution in [2.45, 2.75) is 76.8 Å². The number of aliphatic hydroxyl groups excluding tert-OH is 1. The van der Waals surface area contributed by atoms with Gasteiger partial charge >= 0.3 is 0 Å². The lowest BCUT2D eigenvalue weighted by Gasteiger charge is -2.29. The lowest BCUT2D eigenvalue weighted by molar-refractivity contribution is -0.136. The average Bonchev–Trinajstić information content (AvgIpc) is 3.09. The third kappa shape index (κ3) is 10.6. The number of carbonyl (C=O) groups is 5. The number of aliphatic hydroxyl groups is 1. The second-order valence-corrected chi connectivity index (χ2v) is 12.9. The molecule has 51 heavy (non-hydrogen) atoms. The number of ether oxygens (including phenoxy) is 1. The van der Waals surface area contributed by atoms with Gasteiger partial charge in [-0.05, 0) is 61.6 Å². The second kappa shape index (κ2) is 17.5. The molecular formula is C37H43F2N5O7. The van der Waals surface area contributed by atoms with E-state index in [-0.39, 0.29) is 13.0 Å². The van der Waals surface area contributed by atoms with Crippen LogP contribution >= 0.6 is 0 Å². The first-order valence-electron chi connectivity index (χ1n) is 16.6. The quantitative estimate of drug-likeness (QED) is 0.212. The maximum absolute atomic E-state index is 14.5. The molecule has 6 N–H and O–H groups in total. The number of rotatable bonds is 6. The van der Waals surface area contributed by atoms with E-state index in [0.29, 0.717) is 17.7 Å². The fourth-order valence-electron chi connectivity index (χ4n) is 5.46. The molecule has 2 heterocycles. The molecule has 5 amide bonds. The second-order valence-electron chi connectivity index (χ2n) is 12.9. The molecule has 0 spiro atoms. The van der Waals surface area contributed by atoms with Crippen LogP contribution in [0.25, 0.3) is 0 Å². The van der Waals surface area contributed by atoms with Crippen molar-refractivity contribution in [1.82, 2.24) is 26.6 Å². The Hall–Kier alpha value is -5.37. The predicted octanol–water partition coefficient (Wildman–Crippen LogP) is 1.94. The van der Waals surface area contributed by atoms with Crippen LogP contribution in [0.4, 0.5) is 8.78 Å². The van der Waals surface area contributed by atoms with Crippen LogP contribution in [0.5, 0.6) is 5.75 Å². The van der Waals surface area contributed by atoms with Gasteiger partial charge in [0.1, 0.15) is 36.5 Å². The zero-order chi connectivity index (χ0) is 37.2. The average molecular weight is 708 g/mol. The fraction of sp³-hybridized carbons (Fsp3) is 0.378. The SMILES string of the molecule is CC(C)[C@H]1NC(=O)[C@H]([C@@H](C)O)NC(=O)[C@@H](C)NC(=O)[C@@H](NC(=O)c2cccc(F)c2F)Cc2ccc(cc2)OC[C@H](Cc2ccccc2)NC1=O. The van der Waals surface area contributed by atoms with E-state index in [9.17, 15) is 37.9 Å². The molecule has 0 aliphatic carbocycles. The van der Waals surface area contributed by atoms with Crippen LogP contribution < -0.4 is 31.3 Å². The Morgan fingerprint density at radius 1 is 0.824 bits per heavy atom. The van der Waals surface area contributed by atoms with E-state index in [2.05, 4.69) is 26.6 Å². The standard InChI is InChI=1S/C37H43F2N5O7/c1-20(2)31-36(49)41-25(17-23-9-6-5-7-10-23)19-51-26-15-13-24(14-16-26)18-29(42-34(47)27-11-8-12-28(38)30(27)39)35(48)40-21(3)33(46)44-32(22(4)45)37(50)43-31/h5-16,20-22,25,29,31-32,45H,17-19H2,1-4H3,(H,40,48)(H,41,49)(H,42,47)(H,43,50)(H,44,46)/t21-,22-,25+,29+,31-,32+/m1/s1. The number of hydrogen-bond acceptors (Lipinski definition) is 7. The summed E-state index contributed by atoms with van der Waals surface area (Å²) in [5.74, 6) is -6.67. The van der Waals surface area contributed by atoms with Gasteiger partial charge < -0.3 is 36.4 Å². The van der Waals surface area contributed by atoms with Crippen LogP contribution in [-0.2, 0) is 32.0 Å².